The number of alkyl halides is 1. The van der Waals surface area contributed by atoms with Crippen molar-refractivity contribution in [1.29, 1.82) is 0 Å². The number of halogens is 2. The van der Waals surface area contributed by atoms with Crippen molar-refractivity contribution < 1.29 is 0 Å². The second-order valence-corrected chi connectivity index (χ2v) is 5.67. The van der Waals surface area contributed by atoms with Gasteiger partial charge in [-0.3, -0.25) is 0 Å². The predicted molar refractivity (Wildman–Crippen MR) is 87.7 cm³/mol. The van der Waals surface area contributed by atoms with Gasteiger partial charge in [-0.1, -0.05) is 23.7 Å². The SMILES string of the molecule is CN1CCN(c2ccc(Cl)cc2CCl)c2ccccc21. The van der Waals surface area contributed by atoms with Gasteiger partial charge in [0.15, 0.2) is 0 Å². The van der Waals surface area contributed by atoms with Gasteiger partial charge in [0.1, 0.15) is 0 Å². The number of nitrogens with zero attached hydrogens (tertiary/aromatic N) is 2. The fourth-order valence-electron chi connectivity index (χ4n) is 2.68. The minimum absolute atomic E-state index is 0.463. The summed E-state index contributed by atoms with van der Waals surface area (Å²) < 4.78 is 0. The van der Waals surface area contributed by atoms with E-state index in [1.165, 1.54) is 11.4 Å². The topological polar surface area (TPSA) is 6.48 Å². The van der Waals surface area contributed by atoms with E-state index in [0.717, 1.165) is 29.4 Å². The van der Waals surface area contributed by atoms with Gasteiger partial charge in [0.25, 0.3) is 0 Å². The zero-order valence-corrected chi connectivity index (χ0v) is 12.8. The lowest BCUT2D eigenvalue weighted by atomic mass is 10.1. The normalized spacial score (nSPS) is 14.3. The summed E-state index contributed by atoms with van der Waals surface area (Å²) in [5, 5.41) is 0.729. The van der Waals surface area contributed by atoms with Gasteiger partial charge in [-0.05, 0) is 35.9 Å². The molecular formula is C16H16Cl2N2. The Labute approximate surface area is 129 Å². The summed E-state index contributed by atoms with van der Waals surface area (Å²) in [5.74, 6) is 0.463. The second kappa shape index (κ2) is 5.55. The van der Waals surface area contributed by atoms with Crippen molar-refractivity contribution in [2.24, 2.45) is 0 Å². The Morgan fingerprint density at radius 3 is 2.50 bits per heavy atom. The summed E-state index contributed by atoms with van der Waals surface area (Å²) >= 11 is 12.2. The van der Waals surface area contributed by atoms with Crippen molar-refractivity contribution >= 4 is 40.3 Å². The lowest BCUT2D eigenvalue weighted by Gasteiger charge is -2.37. The molecule has 0 aromatic heterocycles. The number of anilines is 3. The van der Waals surface area contributed by atoms with Crippen LogP contribution in [0.5, 0.6) is 0 Å². The van der Waals surface area contributed by atoms with Crippen LogP contribution in [0.4, 0.5) is 17.1 Å². The maximum atomic E-state index is 6.08. The first kappa shape index (κ1) is 13.6. The Bertz CT molecular complexity index is 628. The van der Waals surface area contributed by atoms with Gasteiger partial charge in [-0.15, -0.1) is 11.6 Å². The molecule has 0 aliphatic carbocycles. The lowest BCUT2D eigenvalue weighted by molar-refractivity contribution is 0.820. The Balaban J connectivity index is 2.10. The molecule has 4 heteroatoms. The molecule has 2 aromatic rings. The average molecular weight is 307 g/mol. The molecule has 0 saturated carbocycles. The van der Waals surface area contributed by atoms with Crippen molar-refractivity contribution in [3.05, 3.63) is 53.1 Å². The van der Waals surface area contributed by atoms with E-state index in [1.54, 1.807) is 0 Å². The van der Waals surface area contributed by atoms with E-state index in [9.17, 15) is 0 Å². The Kier molecular flexibility index (Phi) is 3.77. The minimum Gasteiger partial charge on any atom is -0.371 e. The van der Waals surface area contributed by atoms with Gasteiger partial charge in [0.05, 0.1) is 11.4 Å². The van der Waals surface area contributed by atoms with Crippen LogP contribution < -0.4 is 9.80 Å². The number of hydrogen-bond acceptors (Lipinski definition) is 2. The van der Waals surface area contributed by atoms with Crippen molar-refractivity contribution in [3.8, 4) is 0 Å². The first-order valence-corrected chi connectivity index (χ1v) is 7.54. The third kappa shape index (κ3) is 2.34. The van der Waals surface area contributed by atoms with Gasteiger partial charge >= 0.3 is 0 Å². The lowest BCUT2D eigenvalue weighted by Crippen LogP contribution is -2.36. The number of para-hydroxylation sites is 2. The minimum atomic E-state index is 0.463. The van der Waals surface area contributed by atoms with Crippen molar-refractivity contribution in [1.82, 2.24) is 0 Å². The molecule has 0 N–H and O–H groups in total. The molecule has 1 aliphatic rings. The highest BCUT2D eigenvalue weighted by Crippen LogP contribution is 2.39. The molecule has 0 atom stereocenters. The molecule has 3 rings (SSSR count). The van der Waals surface area contributed by atoms with Crippen molar-refractivity contribution in [2.45, 2.75) is 5.88 Å². The average Bonchev–Trinajstić information content (AvgIpc) is 2.48. The van der Waals surface area contributed by atoms with E-state index in [2.05, 4.69) is 47.2 Å². The zero-order chi connectivity index (χ0) is 14.1. The summed E-state index contributed by atoms with van der Waals surface area (Å²) in [6.45, 7) is 1.93. The molecule has 0 unspecified atom stereocenters. The number of benzene rings is 2. The molecule has 0 bridgehead atoms. The number of fused-ring (bicyclic) bond motifs is 1. The fourth-order valence-corrected chi connectivity index (χ4v) is 3.09. The van der Waals surface area contributed by atoms with Gasteiger partial charge < -0.3 is 9.80 Å². The van der Waals surface area contributed by atoms with Crippen LogP contribution in [-0.2, 0) is 5.88 Å². The van der Waals surface area contributed by atoms with E-state index < -0.39 is 0 Å². The maximum absolute atomic E-state index is 6.08. The summed E-state index contributed by atoms with van der Waals surface area (Å²) in [7, 11) is 2.13. The predicted octanol–water partition coefficient (Wildman–Crippen LogP) is 4.67. The van der Waals surface area contributed by atoms with Gasteiger partial charge in [-0.2, -0.15) is 0 Å². The van der Waals surface area contributed by atoms with E-state index in [1.807, 2.05) is 12.1 Å². The summed E-state index contributed by atoms with van der Waals surface area (Å²) in [6, 6.07) is 14.4. The molecule has 0 amide bonds. The zero-order valence-electron chi connectivity index (χ0n) is 11.3. The highest BCUT2D eigenvalue weighted by molar-refractivity contribution is 6.30. The largest absolute Gasteiger partial charge is 0.371 e. The summed E-state index contributed by atoms with van der Waals surface area (Å²) in [5.41, 5.74) is 4.67. The van der Waals surface area contributed by atoms with Crippen molar-refractivity contribution in [2.75, 3.05) is 29.9 Å². The number of likely N-dealkylation sites (N-methyl/N-ethyl adjacent to an activating group) is 1. The molecule has 20 heavy (non-hydrogen) atoms. The molecule has 0 saturated heterocycles. The monoisotopic (exact) mass is 306 g/mol. The van der Waals surface area contributed by atoms with Crippen molar-refractivity contribution in [3.63, 3.8) is 0 Å². The van der Waals surface area contributed by atoms with E-state index in [-0.39, 0.29) is 0 Å². The van der Waals surface area contributed by atoms with Crippen LogP contribution in [-0.4, -0.2) is 20.1 Å². The molecule has 1 heterocycles. The van der Waals surface area contributed by atoms with Crippen LogP contribution in [0.1, 0.15) is 5.56 Å². The standard InChI is InChI=1S/C16H16Cl2N2/c1-19-8-9-20(16-5-3-2-4-15(16)19)14-7-6-13(18)10-12(14)11-17/h2-7,10H,8-9,11H2,1H3. The third-order valence-corrected chi connectivity index (χ3v) is 4.24. The summed E-state index contributed by atoms with van der Waals surface area (Å²) in [6.07, 6.45) is 0. The molecule has 2 aromatic carbocycles. The Morgan fingerprint density at radius 1 is 1.00 bits per heavy atom. The van der Waals surface area contributed by atoms with Crippen LogP contribution in [0.15, 0.2) is 42.5 Å². The number of rotatable bonds is 2. The molecule has 0 fully saturated rings. The molecule has 0 spiro atoms. The van der Waals surface area contributed by atoms with Crippen LogP contribution >= 0.6 is 23.2 Å². The highest BCUT2D eigenvalue weighted by atomic mass is 35.5. The number of hydrogen-bond donors (Lipinski definition) is 0. The van der Waals surface area contributed by atoms with Gasteiger partial charge in [0, 0.05) is 36.7 Å². The Hall–Kier alpha value is -1.38. The van der Waals surface area contributed by atoms with Crippen LogP contribution in [0.2, 0.25) is 5.02 Å². The highest BCUT2D eigenvalue weighted by Gasteiger charge is 2.22. The Morgan fingerprint density at radius 2 is 1.75 bits per heavy atom. The van der Waals surface area contributed by atoms with Gasteiger partial charge in [0.2, 0.25) is 0 Å². The quantitative estimate of drug-likeness (QED) is 0.744. The van der Waals surface area contributed by atoms with E-state index in [0.29, 0.717) is 5.88 Å². The third-order valence-electron chi connectivity index (χ3n) is 3.72. The fraction of sp³-hybridized carbons (Fsp3) is 0.250. The molecule has 1 aliphatic heterocycles. The van der Waals surface area contributed by atoms with Gasteiger partial charge in [-0.25, -0.2) is 0 Å². The maximum Gasteiger partial charge on any atom is 0.0649 e. The smallest absolute Gasteiger partial charge is 0.0649 e. The second-order valence-electron chi connectivity index (χ2n) is 4.97. The van der Waals surface area contributed by atoms with Crippen LogP contribution in [0.3, 0.4) is 0 Å². The van der Waals surface area contributed by atoms with E-state index in [4.69, 9.17) is 23.2 Å². The summed E-state index contributed by atoms with van der Waals surface area (Å²) in [4.78, 5) is 4.60. The molecule has 0 radical (unpaired) electrons. The van der Waals surface area contributed by atoms with E-state index >= 15 is 0 Å². The first-order chi connectivity index (χ1) is 9.70. The molecule has 104 valence electrons. The molecular weight excluding hydrogens is 291 g/mol. The molecule has 2 nitrogen and oxygen atoms in total. The van der Waals surface area contributed by atoms with Crippen LogP contribution in [0, 0.1) is 0 Å². The van der Waals surface area contributed by atoms with Crippen LogP contribution in [0.25, 0.3) is 0 Å². The first-order valence-electron chi connectivity index (χ1n) is 6.63.